The van der Waals surface area contributed by atoms with Crippen molar-refractivity contribution in [1.82, 2.24) is 0 Å². The van der Waals surface area contributed by atoms with Crippen molar-refractivity contribution in [2.24, 2.45) is 5.73 Å². The Balaban J connectivity index is 2.33. The molecule has 0 saturated heterocycles. The molecule has 1 aliphatic rings. The van der Waals surface area contributed by atoms with Gasteiger partial charge in [0.05, 0.1) is 6.54 Å². The zero-order valence-corrected chi connectivity index (χ0v) is 10.6. The second-order valence-electron chi connectivity index (χ2n) is 4.42. The number of nitrogens with zero attached hydrogens (tertiary/aromatic N) is 2. The Bertz CT molecular complexity index is 499. The summed E-state index contributed by atoms with van der Waals surface area (Å²) in [5.74, 6) is -0.00294. The standard InChI is InChI=1S/C13H17N3O2/c1-15(13(18)8-14)10-4-5-11-9(7-10)3-6-12(17)16(11)2/h4-5,7H,3,6,8,14H2,1-2H3. The van der Waals surface area contributed by atoms with Crippen LogP contribution in [0, 0.1) is 0 Å². The SMILES string of the molecule is CN(C(=O)CN)c1ccc2c(c1)CCC(=O)N2C. The van der Waals surface area contributed by atoms with Crippen molar-refractivity contribution < 1.29 is 9.59 Å². The van der Waals surface area contributed by atoms with Crippen molar-refractivity contribution in [2.45, 2.75) is 12.8 Å². The molecule has 1 aromatic carbocycles. The lowest BCUT2D eigenvalue weighted by Crippen LogP contribution is -2.33. The summed E-state index contributed by atoms with van der Waals surface area (Å²) in [6.45, 7) is -0.00796. The van der Waals surface area contributed by atoms with Crippen LogP contribution in [0.5, 0.6) is 0 Å². The lowest BCUT2D eigenvalue weighted by Gasteiger charge is -2.27. The Labute approximate surface area is 106 Å². The highest BCUT2D eigenvalue weighted by Gasteiger charge is 2.21. The number of amides is 2. The van der Waals surface area contributed by atoms with Crippen molar-refractivity contribution in [2.75, 3.05) is 30.4 Å². The highest BCUT2D eigenvalue weighted by molar-refractivity contribution is 5.98. The Morgan fingerprint density at radius 2 is 2.17 bits per heavy atom. The molecule has 0 fully saturated rings. The Kier molecular flexibility index (Phi) is 3.34. The zero-order chi connectivity index (χ0) is 13.3. The van der Waals surface area contributed by atoms with E-state index in [1.165, 1.54) is 4.90 Å². The fraction of sp³-hybridized carbons (Fsp3) is 0.385. The number of carbonyl (C=O) groups excluding carboxylic acids is 2. The average molecular weight is 247 g/mol. The van der Waals surface area contributed by atoms with Gasteiger partial charge in [-0.3, -0.25) is 9.59 Å². The quantitative estimate of drug-likeness (QED) is 0.828. The third kappa shape index (κ3) is 2.09. The molecule has 1 heterocycles. The number of likely N-dealkylation sites (N-methyl/N-ethyl adjacent to an activating group) is 1. The third-order valence-electron chi connectivity index (χ3n) is 3.34. The van der Waals surface area contributed by atoms with Crippen LogP contribution in [0.25, 0.3) is 0 Å². The summed E-state index contributed by atoms with van der Waals surface area (Å²) < 4.78 is 0. The molecule has 0 radical (unpaired) electrons. The molecule has 0 atom stereocenters. The van der Waals surface area contributed by atoms with Crippen LogP contribution in [0.2, 0.25) is 0 Å². The predicted molar refractivity (Wildman–Crippen MR) is 70.6 cm³/mol. The molecule has 2 amide bonds. The zero-order valence-electron chi connectivity index (χ0n) is 10.6. The summed E-state index contributed by atoms with van der Waals surface area (Å²) >= 11 is 0. The van der Waals surface area contributed by atoms with Crippen LogP contribution in [0.1, 0.15) is 12.0 Å². The van der Waals surface area contributed by atoms with E-state index in [9.17, 15) is 9.59 Å². The third-order valence-corrected chi connectivity index (χ3v) is 3.34. The molecular formula is C13H17N3O2. The molecule has 0 aromatic heterocycles. The molecular weight excluding hydrogens is 230 g/mol. The van der Waals surface area contributed by atoms with E-state index in [0.29, 0.717) is 6.42 Å². The summed E-state index contributed by atoms with van der Waals surface area (Å²) in [6, 6.07) is 5.66. The fourth-order valence-electron chi connectivity index (χ4n) is 2.13. The van der Waals surface area contributed by atoms with Gasteiger partial charge in [0.25, 0.3) is 0 Å². The molecule has 0 spiro atoms. The first-order valence-corrected chi connectivity index (χ1v) is 5.90. The first-order valence-electron chi connectivity index (χ1n) is 5.90. The van der Waals surface area contributed by atoms with Gasteiger partial charge in [0, 0.05) is 31.9 Å². The predicted octanol–water partition coefficient (Wildman–Crippen LogP) is 0.517. The van der Waals surface area contributed by atoms with Gasteiger partial charge in [-0.25, -0.2) is 0 Å². The first-order chi connectivity index (χ1) is 8.54. The number of rotatable bonds is 2. The van der Waals surface area contributed by atoms with Crippen LogP contribution in [0.4, 0.5) is 11.4 Å². The minimum atomic E-state index is -0.129. The van der Waals surface area contributed by atoms with E-state index in [-0.39, 0.29) is 18.4 Å². The molecule has 1 aromatic rings. The van der Waals surface area contributed by atoms with Crippen molar-refractivity contribution in [1.29, 1.82) is 0 Å². The topological polar surface area (TPSA) is 66.6 Å². The fourth-order valence-corrected chi connectivity index (χ4v) is 2.13. The Morgan fingerprint density at radius 3 is 2.83 bits per heavy atom. The number of carbonyl (C=O) groups is 2. The summed E-state index contributed by atoms with van der Waals surface area (Å²) in [5.41, 5.74) is 8.17. The van der Waals surface area contributed by atoms with E-state index in [1.54, 1.807) is 19.0 Å². The highest BCUT2D eigenvalue weighted by atomic mass is 16.2. The number of aryl methyl sites for hydroxylation is 1. The summed E-state index contributed by atoms with van der Waals surface area (Å²) in [5, 5.41) is 0. The van der Waals surface area contributed by atoms with Crippen molar-refractivity contribution in [3.8, 4) is 0 Å². The monoisotopic (exact) mass is 247 g/mol. The summed E-state index contributed by atoms with van der Waals surface area (Å²) in [6.07, 6.45) is 1.23. The van der Waals surface area contributed by atoms with Gasteiger partial charge in [0.15, 0.2) is 0 Å². The van der Waals surface area contributed by atoms with E-state index in [1.807, 2.05) is 18.2 Å². The van der Waals surface area contributed by atoms with Crippen LogP contribution in [0.3, 0.4) is 0 Å². The Hall–Kier alpha value is -1.88. The maximum Gasteiger partial charge on any atom is 0.240 e. The van der Waals surface area contributed by atoms with E-state index in [2.05, 4.69) is 0 Å². The van der Waals surface area contributed by atoms with Gasteiger partial charge >= 0.3 is 0 Å². The van der Waals surface area contributed by atoms with Crippen LogP contribution in [-0.2, 0) is 16.0 Å². The molecule has 5 nitrogen and oxygen atoms in total. The van der Waals surface area contributed by atoms with Gasteiger partial charge in [-0.1, -0.05) is 0 Å². The molecule has 5 heteroatoms. The van der Waals surface area contributed by atoms with Crippen LogP contribution < -0.4 is 15.5 Å². The molecule has 18 heavy (non-hydrogen) atoms. The molecule has 0 unspecified atom stereocenters. The van der Waals surface area contributed by atoms with Crippen molar-refractivity contribution >= 4 is 23.2 Å². The van der Waals surface area contributed by atoms with E-state index < -0.39 is 0 Å². The summed E-state index contributed by atoms with van der Waals surface area (Å²) in [4.78, 5) is 26.3. The molecule has 2 N–H and O–H groups in total. The van der Waals surface area contributed by atoms with Crippen LogP contribution in [-0.4, -0.2) is 32.5 Å². The number of fused-ring (bicyclic) bond motifs is 1. The first kappa shape index (κ1) is 12.6. The Morgan fingerprint density at radius 1 is 1.44 bits per heavy atom. The van der Waals surface area contributed by atoms with E-state index in [0.717, 1.165) is 23.4 Å². The smallest absolute Gasteiger partial charge is 0.240 e. The molecule has 0 saturated carbocycles. The average Bonchev–Trinajstić information content (AvgIpc) is 2.41. The number of anilines is 2. The molecule has 0 bridgehead atoms. The maximum absolute atomic E-state index is 11.6. The minimum Gasteiger partial charge on any atom is -0.322 e. The lowest BCUT2D eigenvalue weighted by atomic mass is 10.0. The largest absolute Gasteiger partial charge is 0.322 e. The minimum absolute atomic E-state index is 0.00796. The lowest BCUT2D eigenvalue weighted by molar-refractivity contribution is -0.118. The van der Waals surface area contributed by atoms with Gasteiger partial charge in [-0.2, -0.15) is 0 Å². The number of hydrogen-bond acceptors (Lipinski definition) is 3. The van der Waals surface area contributed by atoms with Crippen molar-refractivity contribution in [3.63, 3.8) is 0 Å². The van der Waals surface area contributed by atoms with Gasteiger partial charge in [0.2, 0.25) is 11.8 Å². The number of hydrogen-bond donors (Lipinski definition) is 1. The second kappa shape index (κ2) is 4.78. The van der Waals surface area contributed by atoms with Gasteiger partial charge in [-0.05, 0) is 30.2 Å². The maximum atomic E-state index is 11.6. The van der Waals surface area contributed by atoms with Gasteiger partial charge in [0.1, 0.15) is 0 Å². The molecule has 2 rings (SSSR count). The van der Waals surface area contributed by atoms with Crippen molar-refractivity contribution in [3.05, 3.63) is 23.8 Å². The van der Waals surface area contributed by atoms with Gasteiger partial charge in [-0.15, -0.1) is 0 Å². The normalized spacial score (nSPS) is 14.4. The van der Waals surface area contributed by atoms with Gasteiger partial charge < -0.3 is 15.5 Å². The molecule has 96 valence electrons. The number of nitrogens with two attached hydrogens (primary N) is 1. The highest BCUT2D eigenvalue weighted by Crippen LogP contribution is 2.30. The van der Waals surface area contributed by atoms with E-state index >= 15 is 0 Å². The molecule has 0 aliphatic carbocycles. The van der Waals surface area contributed by atoms with Crippen LogP contribution in [0.15, 0.2) is 18.2 Å². The van der Waals surface area contributed by atoms with E-state index in [4.69, 9.17) is 5.73 Å². The second-order valence-corrected chi connectivity index (χ2v) is 4.42. The molecule has 1 aliphatic heterocycles. The summed E-state index contributed by atoms with van der Waals surface area (Å²) in [7, 11) is 3.48. The number of benzene rings is 1. The van der Waals surface area contributed by atoms with Crippen LogP contribution >= 0.6 is 0 Å².